The topological polar surface area (TPSA) is 139 Å². The Morgan fingerprint density at radius 2 is 1.73 bits per heavy atom. The number of nitrogens with zero attached hydrogens (tertiary/aromatic N) is 1. The van der Waals surface area contributed by atoms with Gasteiger partial charge in [-0.2, -0.15) is 0 Å². The number of β-amino-alcohol motifs (C(OH)–C–C–N with tert-alkyl or cyclic N) is 1. The van der Waals surface area contributed by atoms with E-state index in [2.05, 4.69) is 26.6 Å². The zero-order valence-electron chi connectivity index (χ0n) is 22.0. The van der Waals surface area contributed by atoms with Crippen molar-refractivity contribution >= 4 is 33.7 Å². The lowest BCUT2D eigenvalue weighted by Gasteiger charge is -2.30. The number of likely N-dealkylation sites (tertiary alicyclic amines) is 1. The van der Waals surface area contributed by atoms with E-state index in [9.17, 15) is 29.7 Å². The summed E-state index contributed by atoms with van der Waals surface area (Å²) in [4.78, 5) is 41.0. The molecule has 1 aliphatic heterocycles. The first kappa shape index (κ1) is 29.3. The average Bonchev–Trinajstić information content (AvgIpc) is 3.35. The minimum absolute atomic E-state index is 0.0262. The zero-order valence-corrected chi connectivity index (χ0v) is 23.5. The molecule has 0 saturated carbocycles. The van der Waals surface area contributed by atoms with Gasteiger partial charge in [0, 0.05) is 35.1 Å². The van der Waals surface area contributed by atoms with Gasteiger partial charge in [0.25, 0.3) is 11.8 Å². The van der Waals surface area contributed by atoms with Crippen LogP contribution >= 0.6 is 15.9 Å². The van der Waals surface area contributed by atoms with Gasteiger partial charge in [0.15, 0.2) is 6.10 Å². The Bertz CT molecular complexity index is 1370. The predicted octanol–water partition coefficient (Wildman–Crippen LogP) is 2.44. The number of nitrogens with one attached hydrogen (secondary N) is 2. The number of carbonyl (C=O) groups is 3. The Kier molecular flexibility index (Phi) is 9.57. The maximum atomic E-state index is 13.6. The number of phenolic OH excluding ortho intramolecular Hbond substituents is 1. The van der Waals surface area contributed by atoms with Crippen LogP contribution in [0.4, 0.5) is 0 Å². The van der Waals surface area contributed by atoms with E-state index in [1.54, 1.807) is 13.0 Å². The second-order valence-electron chi connectivity index (χ2n) is 9.87. The standard InChI is InChI=1S/C30H32BrN3O6/c1-18-22(11-7-13-26(18)36)28(38)33-24(14-19-8-3-2-4-9-19)27(37)30(40)34-17-21(35)15-25(34)29(39)32-16-20-10-5-6-12-23(20)31/h2-13,21,24-25,27,35-37H,14-17H2,1H3,(H,32,39)(H,33,38)/t21-,24+,25+,27+/m1/s1. The van der Waals surface area contributed by atoms with Gasteiger partial charge in [0.2, 0.25) is 5.91 Å². The summed E-state index contributed by atoms with van der Waals surface area (Å²) in [7, 11) is 0. The summed E-state index contributed by atoms with van der Waals surface area (Å²) in [5.74, 6) is -1.84. The summed E-state index contributed by atoms with van der Waals surface area (Å²) < 4.78 is 0.826. The minimum Gasteiger partial charge on any atom is -0.508 e. The highest BCUT2D eigenvalue weighted by Crippen LogP contribution is 2.23. The normalized spacial score (nSPS) is 18.1. The first-order valence-electron chi connectivity index (χ1n) is 13.0. The number of rotatable bonds is 9. The van der Waals surface area contributed by atoms with E-state index in [1.165, 1.54) is 17.0 Å². The van der Waals surface area contributed by atoms with Crippen LogP contribution in [0.2, 0.25) is 0 Å². The van der Waals surface area contributed by atoms with E-state index in [-0.39, 0.29) is 37.2 Å². The van der Waals surface area contributed by atoms with E-state index in [1.807, 2.05) is 54.6 Å². The van der Waals surface area contributed by atoms with Gasteiger partial charge in [-0.1, -0.05) is 70.5 Å². The first-order chi connectivity index (χ1) is 19.2. The Labute approximate surface area is 241 Å². The van der Waals surface area contributed by atoms with Gasteiger partial charge < -0.3 is 30.9 Å². The minimum atomic E-state index is -1.70. The van der Waals surface area contributed by atoms with Crippen LogP contribution in [0.1, 0.15) is 33.5 Å². The number of hydrogen-bond acceptors (Lipinski definition) is 6. The molecule has 10 heteroatoms. The summed E-state index contributed by atoms with van der Waals surface area (Å²) in [6, 6.07) is 19.0. The first-order valence-corrected chi connectivity index (χ1v) is 13.8. The molecule has 40 heavy (non-hydrogen) atoms. The Hall–Kier alpha value is -3.73. The summed E-state index contributed by atoms with van der Waals surface area (Å²) >= 11 is 3.44. The lowest BCUT2D eigenvalue weighted by molar-refractivity contribution is -0.146. The predicted molar refractivity (Wildman–Crippen MR) is 152 cm³/mol. The summed E-state index contributed by atoms with van der Waals surface area (Å²) in [5.41, 5.74) is 2.19. The number of aromatic hydroxyl groups is 1. The third-order valence-electron chi connectivity index (χ3n) is 7.07. The van der Waals surface area contributed by atoms with Crippen molar-refractivity contribution in [3.05, 3.63) is 99.5 Å². The van der Waals surface area contributed by atoms with Crippen molar-refractivity contribution in [2.75, 3.05) is 6.54 Å². The largest absolute Gasteiger partial charge is 0.508 e. The van der Waals surface area contributed by atoms with Crippen LogP contribution in [-0.4, -0.2) is 68.8 Å². The number of aliphatic hydroxyl groups is 2. The monoisotopic (exact) mass is 609 g/mol. The van der Waals surface area contributed by atoms with Crippen molar-refractivity contribution < 1.29 is 29.7 Å². The van der Waals surface area contributed by atoms with Gasteiger partial charge in [-0.15, -0.1) is 0 Å². The number of carbonyl (C=O) groups excluding carboxylic acids is 3. The van der Waals surface area contributed by atoms with Crippen molar-refractivity contribution in [2.24, 2.45) is 0 Å². The van der Waals surface area contributed by atoms with Crippen LogP contribution in [0.25, 0.3) is 0 Å². The molecule has 3 aromatic rings. The number of aliphatic hydroxyl groups excluding tert-OH is 2. The molecule has 0 unspecified atom stereocenters. The average molecular weight is 611 g/mol. The second kappa shape index (κ2) is 13.1. The summed E-state index contributed by atoms with van der Waals surface area (Å²) in [5, 5.41) is 37.2. The number of halogens is 1. The van der Waals surface area contributed by atoms with Gasteiger partial charge in [-0.3, -0.25) is 14.4 Å². The molecule has 4 atom stereocenters. The van der Waals surface area contributed by atoms with Crippen LogP contribution in [0.15, 0.2) is 77.3 Å². The maximum Gasteiger partial charge on any atom is 0.254 e. The smallest absolute Gasteiger partial charge is 0.254 e. The molecule has 1 aliphatic rings. The molecule has 1 fully saturated rings. The molecule has 3 amide bonds. The van der Waals surface area contributed by atoms with Crippen LogP contribution in [-0.2, 0) is 22.6 Å². The quantitative estimate of drug-likeness (QED) is 0.252. The molecule has 5 N–H and O–H groups in total. The van der Waals surface area contributed by atoms with Gasteiger partial charge in [-0.05, 0) is 42.7 Å². The van der Waals surface area contributed by atoms with Gasteiger partial charge in [-0.25, -0.2) is 0 Å². The van der Waals surface area contributed by atoms with Crippen molar-refractivity contribution in [3.8, 4) is 5.75 Å². The fourth-order valence-electron chi connectivity index (χ4n) is 4.82. The molecule has 3 aromatic carbocycles. The maximum absolute atomic E-state index is 13.6. The molecule has 4 rings (SSSR count). The molecular formula is C30H32BrN3O6. The fraction of sp³-hybridized carbons (Fsp3) is 0.300. The highest BCUT2D eigenvalue weighted by Gasteiger charge is 2.42. The summed E-state index contributed by atoms with van der Waals surface area (Å²) in [6.07, 6.45) is -2.48. The van der Waals surface area contributed by atoms with Crippen molar-refractivity contribution in [3.63, 3.8) is 0 Å². The van der Waals surface area contributed by atoms with E-state index in [0.29, 0.717) is 5.56 Å². The number of hydrogen-bond donors (Lipinski definition) is 5. The Morgan fingerprint density at radius 1 is 1.02 bits per heavy atom. The highest BCUT2D eigenvalue weighted by atomic mass is 79.9. The molecule has 210 valence electrons. The van der Waals surface area contributed by atoms with Gasteiger partial charge >= 0.3 is 0 Å². The van der Waals surface area contributed by atoms with Crippen molar-refractivity contribution in [2.45, 2.75) is 50.6 Å². The molecule has 1 heterocycles. The Morgan fingerprint density at radius 3 is 2.45 bits per heavy atom. The molecule has 1 saturated heterocycles. The van der Waals surface area contributed by atoms with Crippen molar-refractivity contribution in [1.29, 1.82) is 0 Å². The molecule has 0 aromatic heterocycles. The molecule has 0 spiro atoms. The highest BCUT2D eigenvalue weighted by molar-refractivity contribution is 9.10. The van der Waals surface area contributed by atoms with Crippen LogP contribution in [0.5, 0.6) is 5.75 Å². The SMILES string of the molecule is Cc1c(O)cccc1C(=O)N[C@@H](Cc1ccccc1)[C@H](O)C(=O)N1C[C@H](O)C[C@H]1C(=O)NCc1ccccc1Br. The van der Waals surface area contributed by atoms with Gasteiger partial charge in [0.05, 0.1) is 12.1 Å². The number of benzene rings is 3. The second-order valence-corrected chi connectivity index (χ2v) is 10.7. The third-order valence-corrected chi connectivity index (χ3v) is 7.85. The van der Waals surface area contributed by atoms with E-state index >= 15 is 0 Å². The molecular weight excluding hydrogens is 578 g/mol. The zero-order chi connectivity index (χ0) is 28.8. The van der Waals surface area contributed by atoms with E-state index in [0.717, 1.165) is 15.6 Å². The van der Waals surface area contributed by atoms with Crippen molar-refractivity contribution in [1.82, 2.24) is 15.5 Å². The molecule has 0 bridgehead atoms. The van der Waals surface area contributed by atoms with E-state index in [4.69, 9.17) is 0 Å². The number of phenols is 1. The lowest BCUT2D eigenvalue weighted by atomic mass is 9.98. The van der Waals surface area contributed by atoms with Crippen LogP contribution in [0, 0.1) is 6.92 Å². The molecule has 0 radical (unpaired) electrons. The number of amides is 3. The summed E-state index contributed by atoms with van der Waals surface area (Å²) in [6.45, 7) is 1.69. The van der Waals surface area contributed by atoms with E-state index < -0.39 is 42.0 Å². The fourth-order valence-corrected chi connectivity index (χ4v) is 5.24. The third kappa shape index (κ3) is 6.88. The van der Waals surface area contributed by atoms with Gasteiger partial charge in [0.1, 0.15) is 11.8 Å². The molecule has 9 nitrogen and oxygen atoms in total. The lowest BCUT2D eigenvalue weighted by Crippen LogP contribution is -2.55. The molecule has 0 aliphatic carbocycles. The van der Waals surface area contributed by atoms with Crippen LogP contribution in [0.3, 0.4) is 0 Å². The Balaban J connectivity index is 1.52. The van der Waals surface area contributed by atoms with Crippen LogP contribution < -0.4 is 10.6 Å².